The number of carbonyl (C=O) groups is 2. The summed E-state index contributed by atoms with van der Waals surface area (Å²) >= 11 is 0. The molecule has 1 N–H and O–H groups in total. The van der Waals surface area contributed by atoms with E-state index in [0.29, 0.717) is 28.9 Å². The summed E-state index contributed by atoms with van der Waals surface area (Å²) in [5, 5.41) is 3.20. The second kappa shape index (κ2) is 7.62. The van der Waals surface area contributed by atoms with E-state index in [1.807, 2.05) is 0 Å². The first-order chi connectivity index (χ1) is 10.9. The van der Waals surface area contributed by atoms with E-state index in [4.69, 9.17) is 0 Å². The maximum absolute atomic E-state index is 12.5. The Hall–Kier alpha value is -1.84. The Morgan fingerprint density at radius 1 is 1.13 bits per heavy atom. The van der Waals surface area contributed by atoms with Gasteiger partial charge in [-0.05, 0) is 54.9 Å². The quantitative estimate of drug-likeness (QED) is 0.862. The molecule has 1 saturated carbocycles. The van der Waals surface area contributed by atoms with Gasteiger partial charge in [-0.2, -0.15) is 0 Å². The molecule has 1 aliphatic carbocycles. The van der Waals surface area contributed by atoms with Gasteiger partial charge in [0.05, 0.1) is 12.7 Å². The molecule has 1 amide bonds. The lowest BCUT2D eigenvalue weighted by atomic mass is 9.74. The van der Waals surface area contributed by atoms with Crippen molar-refractivity contribution in [1.82, 2.24) is 5.32 Å². The molecule has 0 bridgehead atoms. The highest BCUT2D eigenvalue weighted by atomic mass is 16.5. The molecule has 126 valence electrons. The van der Waals surface area contributed by atoms with Crippen molar-refractivity contribution >= 4 is 11.9 Å². The van der Waals surface area contributed by atoms with Gasteiger partial charge in [-0.25, -0.2) is 4.79 Å². The van der Waals surface area contributed by atoms with Crippen molar-refractivity contribution in [1.29, 1.82) is 0 Å². The van der Waals surface area contributed by atoms with Crippen LogP contribution in [0.3, 0.4) is 0 Å². The van der Waals surface area contributed by atoms with Crippen LogP contribution >= 0.6 is 0 Å². The Kier molecular flexibility index (Phi) is 5.80. The van der Waals surface area contributed by atoms with Gasteiger partial charge in [0.2, 0.25) is 0 Å². The Morgan fingerprint density at radius 2 is 1.74 bits per heavy atom. The third-order valence-electron chi connectivity index (χ3n) is 4.91. The number of esters is 1. The zero-order chi connectivity index (χ0) is 17.0. The topological polar surface area (TPSA) is 55.4 Å². The molecule has 0 unspecified atom stereocenters. The zero-order valence-electron chi connectivity index (χ0n) is 14.5. The Balaban J connectivity index is 2.06. The van der Waals surface area contributed by atoms with Crippen LogP contribution in [0.1, 0.15) is 60.7 Å². The predicted octanol–water partition coefficient (Wildman–Crippen LogP) is 3.66. The SMILES string of the molecule is COC(=O)c1ccc(C(=O)N[C@@H]2C[C@H](C)CC[C@H]2C(C)C)cc1. The summed E-state index contributed by atoms with van der Waals surface area (Å²) in [4.78, 5) is 24.0. The maximum Gasteiger partial charge on any atom is 0.337 e. The van der Waals surface area contributed by atoms with Crippen LogP contribution in [0.25, 0.3) is 0 Å². The van der Waals surface area contributed by atoms with Crippen LogP contribution < -0.4 is 5.32 Å². The van der Waals surface area contributed by atoms with Crippen molar-refractivity contribution in [2.75, 3.05) is 7.11 Å². The Morgan fingerprint density at radius 3 is 2.30 bits per heavy atom. The lowest BCUT2D eigenvalue weighted by Crippen LogP contribution is -2.45. The van der Waals surface area contributed by atoms with Crippen molar-refractivity contribution in [3.63, 3.8) is 0 Å². The van der Waals surface area contributed by atoms with Crippen LogP contribution in [0.15, 0.2) is 24.3 Å². The first-order valence-electron chi connectivity index (χ1n) is 8.41. The number of carbonyl (C=O) groups excluding carboxylic acids is 2. The van der Waals surface area contributed by atoms with E-state index in [-0.39, 0.29) is 11.9 Å². The van der Waals surface area contributed by atoms with E-state index >= 15 is 0 Å². The molecule has 1 aliphatic rings. The molecular formula is C19H27NO3. The normalized spacial score (nSPS) is 24.3. The first-order valence-corrected chi connectivity index (χ1v) is 8.41. The fourth-order valence-corrected chi connectivity index (χ4v) is 3.50. The van der Waals surface area contributed by atoms with Gasteiger partial charge in [0.1, 0.15) is 0 Å². The summed E-state index contributed by atoms with van der Waals surface area (Å²) in [7, 11) is 1.35. The van der Waals surface area contributed by atoms with E-state index < -0.39 is 5.97 Å². The van der Waals surface area contributed by atoms with Crippen LogP contribution in [0.5, 0.6) is 0 Å². The van der Waals surface area contributed by atoms with Crippen LogP contribution in [-0.4, -0.2) is 25.0 Å². The summed E-state index contributed by atoms with van der Waals surface area (Å²) in [6, 6.07) is 6.84. The smallest absolute Gasteiger partial charge is 0.337 e. The minimum absolute atomic E-state index is 0.0637. The Bertz CT molecular complexity index is 550. The number of amides is 1. The summed E-state index contributed by atoms with van der Waals surface area (Å²) in [6.45, 7) is 6.71. The average molecular weight is 317 g/mol. The number of rotatable bonds is 4. The van der Waals surface area contributed by atoms with Gasteiger partial charge in [-0.1, -0.05) is 27.2 Å². The molecule has 23 heavy (non-hydrogen) atoms. The number of nitrogens with one attached hydrogen (secondary N) is 1. The standard InChI is InChI=1S/C19H27NO3/c1-12(2)16-10-5-13(3)11-17(16)20-18(21)14-6-8-15(9-7-14)19(22)23-4/h6-9,12-13,16-17H,5,10-11H2,1-4H3,(H,20,21)/t13-,16+,17-/m1/s1. The number of methoxy groups -OCH3 is 1. The molecular weight excluding hydrogens is 290 g/mol. The van der Waals surface area contributed by atoms with Gasteiger partial charge >= 0.3 is 5.97 Å². The Labute approximate surface area is 138 Å². The maximum atomic E-state index is 12.5. The van der Waals surface area contributed by atoms with Crippen LogP contribution in [0.2, 0.25) is 0 Å². The summed E-state index contributed by atoms with van der Waals surface area (Å²) in [5.41, 5.74) is 1.04. The molecule has 0 saturated heterocycles. The van der Waals surface area contributed by atoms with Gasteiger partial charge < -0.3 is 10.1 Å². The monoisotopic (exact) mass is 317 g/mol. The molecule has 1 fully saturated rings. The number of hydrogen-bond donors (Lipinski definition) is 1. The minimum Gasteiger partial charge on any atom is -0.465 e. The molecule has 0 spiro atoms. The number of benzene rings is 1. The largest absolute Gasteiger partial charge is 0.465 e. The fraction of sp³-hybridized carbons (Fsp3) is 0.579. The fourth-order valence-electron chi connectivity index (χ4n) is 3.50. The molecule has 1 aromatic rings. The highest BCUT2D eigenvalue weighted by Crippen LogP contribution is 2.33. The van der Waals surface area contributed by atoms with Crippen molar-refractivity contribution in [2.45, 2.75) is 46.1 Å². The van der Waals surface area contributed by atoms with E-state index in [2.05, 4.69) is 30.8 Å². The lowest BCUT2D eigenvalue weighted by Gasteiger charge is -2.37. The third kappa shape index (κ3) is 4.34. The lowest BCUT2D eigenvalue weighted by molar-refractivity contribution is 0.0600. The third-order valence-corrected chi connectivity index (χ3v) is 4.91. The number of hydrogen-bond acceptors (Lipinski definition) is 3. The highest BCUT2D eigenvalue weighted by Gasteiger charge is 2.31. The summed E-state index contributed by atoms with van der Waals surface area (Å²) in [6.07, 6.45) is 3.45. The molecule has 1 aromatic carbocycles. The van der Waals surface area contributed by atoms with Crippen molar-refractivity contribution < 1.29 is 14.3 Å². The summed E-state index contributed by atoms with van der Waals surface area (Å²) in [5.74, 6) is 1.29. The molecule has 4 heteroatoms. The van der Waals surface area contributed by atoms with Gasteiger partial charge in [0, 0.05) is 11.6 Å². The molecule has 4 nitrogen and oxygen atoms in total. The minimum atomic E-state index is -0.391. The average Bonchev–Trinajstić information content (AvgIpc) is 2.54. The highest BCUT2D eigenvalue weighted by molar-refractivity contribution is 5.96. The molecule has 2 rings (SSSR count). The predicted molar refractivity (Wildman–Crippen MR) is 90.4 cm³/mol. The van der Waals surface area contributed by atoms with Gasteiger partial charge in [0.15, 0.2) is 0 Å². The molecule has 0 heterocycles. The van der Waals surface area contributed by atoms with Crippen LogP contribution in [0, 0.1) is 17.8 Å². The van der Waals surface area contributed by atoms with Gasteiger partial charge in [-0.15, -0.1) is 0 Å². The summed E-state index contributed by atoms with van der Waals surface area (Å²) < 4.78 is 4.67. The van der Waals surface area contributed by atoms with E-state index in [9.17, 15) is 9.59 Å². The van der Waals surface area contributed by atoms with Gasteiger partial charge in [0.25, 0.3) is 5.91 Å². The van der Waals surface area contributed by atoms with E-state index in [1.54, 1.807) is 24.3 Å². The van der Waals surface area contributed by atoms with Crippen LogP contribution in [-0.2, 0) is 4.74 Å². The molecule has 0 radical (unpaired) electrons. The van der Waals surface area contributed by atoms with E-state index in [0.717, 1.165) is 6.42 Å². The molecule has 0 aliphatic heterocycles. The van der Waals surface area contributed by atoms with Crippen LogP contribution in [0.4, 0.5) is 0 Å². The molecule has 3 atom stereocenters. The second-order valence-electron chi connectivity index (χ2n) is 6.97. The van der Waals surface area contributed by atoms with Crippen molar-refractivity contribution in [3.05, 3.63) is 35.4 Å². The zero-order valence-corrected chi connectivity index (χ0v) is 14.5. The van der Waals surface area contributed by atoms with Crippen molar-refractivity contribution in [3.8, 4) is 0 Å². The van der Waals surface area contributed by atoms with E-state index in [1.165, 1.54) is 20.0 Å². The van der Waals surface area contributed by atoms with Crippen molar-refractivity contribution in [2.24, 2.45) is 17.8 Å². The molecule has 0 aromatic heterocycles. The number of ether oxygens (including phenoxy) is 1. The first kappa shape index (κ1) is 17.5. The van der Waals surface area contributed by atoms with Gasteiger partial charge in [-0.3, -0.25) is 4.79 Å². The second-order valence-corrected chi connectivity index (χ2v) is 6.97.